The fourth-order valence-corrected chi connectivity index (χ4v) is 1.50. The van der Waals surface area contributed by atoms with Crippen molar-refractivity contribution in [1.82, 2.24) is 0 Å². The highest BCUT2D eigenvalue weighted by Crippen LogP contribution is 2.15. The van der Waals surface area contributed by atoms with E-state index in [1.165, 1.54) is 5.57 Å². The molecule has 0 aliphatic rings. The molecule has 1 aromatic carbocycles. The molecular formula is C14H18N2. The van der Waals surface area contributed by atoms with E-state index in [1.54, 1.807) is 0 Å². The smallest absolute Gasteiger partial charge is 0.0640 e. The Bertz CT molecular complexity index is 362. The zero-order valence-corrected chi connectivity index (χ0v) is 9.82. The summed E-state index contributed by atoms with van der Waals surface area (Å²) in [5, 5.41) is 8.65. The van der Waals surface area contributed by atoms with Crippen molar-refractivity contribution in [2.45, 2.75) is 19.8 Å². The van der Waals surface area contributed by atoms with Gasteiger partial charge >= 0.3 is 0 Å². The second-order valence-corrected chi connectivity index (χ2v) is 3.77. The summed E-state index contributed by atoms with van der Waals surface area (Å²) in [5.41, 5.74) is 2.36. The van der Waals surface area contributed by atoms with Gasteiger partial charge in [-0.1, -0.05) is 37.3 Å². The van der Waals surface area contributed by atoms with Crippen LogP contribution < -0.4 is 4.90 Å². The van der Waals surface area contributed by atoms with Crippen LogP contribution in [0.1, 0.15) is 19.8 Å². The first-order valence-electron chi connectivity index (χ1n) is 5.61. The molecule has 0 aromatic heterocycles. The molecule has 1 aromatic rings. The molecule has 0 atom stereocenters. The summed E-state index contributed by atoms with van der Waals surface area (Å²) in [6, 6.07) is 12.4. The standard InChI is InChI=1S/C14H18N2/c1-3-13(2)12-16(11-7-10-15)14-8-5-4-6-9-14/h4-6,8-9H,2-3,7,11-12H2,1H3. The Hall–Kier alpha value is -1.75. The van der Waals surface area contributed by atoms with E-state index in [0.29, 0.717) is 6.42 Å². The average Bonchev–Trinajstić information content (AvgIpc) is 2.35. The zero-order chi connectivity index (χ0) is 11.8. The minimum absolute atomic E-state index is 0.548. The van der Waals surface area contributed by atoms with Crippen LogP contribution in [-0.4, -0.2) is 13.1 Å². The third-order valence-electron chi connectivity index (χ3n) is 2.53. The van der Waals surface area contributed by atoms with E-state index in [4.69, 9.17) is 5.26 Å². The monoisotopic (exact) mass is 214 g/mol. The largest absolute Gasteiger partial charge is 0.367 e. The molecule has 2 nitrogen and oxygen atoms in total. The molecule has 84 valence electrons. The minimum atomic E-state index is 0.548. The van der Waals surface area contributed by atoms with Crippen molar-refractivity contribution in [2.24, 2.45) is 0 Å². The fourth-order valence-electron chi connectivity index (χ4n) is 1.50. The lowest BCUT2D eigenvalue weighted by Crippen LogP contribution is -2.26. The van der Waals surface area contributed by atoms with Crippen LogP contribution >= 0.6 is 0 Å². The third-order valence-corrected chi connectivity index (χ3v) is 2.53. The molecule has 0 fully saturated rings. The van der Waals surface area contributed by atoms with Gasteiger partial charge in [0.05, 0.1) is 12.5 Å². The van der Waals surface area contributed by atoms with E-state index >= 15 is 0 Å². The van der Waals surface area contributed by atoms with E-state index in [1.807, 2.05) is 18.2 Å². The SMILES string of the molecule is C=C(CC)CN(CCC#N)c1ccccc1. The van der Waals surface area contributed by atoms with Crippen molar-refractivity contribution in [2.75, 3.05) is 18.0 Å². The zero-order valence-electron chi connectivity index (χ0n) is 9.82. The van der Waals surface area contributed by atoms with Gasteiger partial charge in [-0.25, -0.2) is 0 Å². The third kappa shape index (κ3) is 3.78. The molecule has 0 bridgehead atoms. The van der Waals surface area contributed by atoms with Crippen molar-refractivity contribution in [3.05, 3.63) is 42.5 Å². The lowest BCUT2D eigenvalue weighted by atomic mass is 10.2. The van der Waals surface area contributed by atoms with E-state index in [9.17, 15) is 0 Å². The van der Waals surface area contributed by atoms with E-state index < -0.39 is 0 Å². The molecule has 1 rings (SSSR count). The lowest BCUT2D eigenvalue weighted by molar-refractivity contribution is 0.821. The first kappa shape index (κ1) is 12.3. The normalized spacial score (nSPS) is 9.50. The Balaban J connectivity index is 2.71. The van der Waals surface area contributed by atoms with E-state index in [-0.39, 0.29) is 0 Å². The Morgan fingerprint density at radius 2 is 2.06 bits per heavy atom. The molecule has 2 heteroatoms. The van der Waals surface area contributed by atoms with Crippen LogP contribution in [0.25, 0.3) is 0 Å². The van der Waals surface area contributed by atoms with Gasteiger partial charge in [-0.3, -0.25) is 0 Å². The number of hydrogen-bond acceptors (Lipinski definition) is 2. The molecule has 0 saturated carbocycles. The molecule has 0 amide bonds. The van der Waals surface area contributed by atoms with Crippen molar-refractivity contribution in [3.63, 3.8) is 0 Å². The van der Waals surface area contributed by atoms with Gasteiger partial charge in [-0.15, -0.1) is 0 Å². The van der Waals surface area contributed by atoms with Crippen molar-refractivity contribution >= 4 is 5.69 Å². The fraction of sp³-hybridized carbons (Fsp3) is 0.357. The van der Waals surface area contributed by atoms with Gasteiger partial charge in [-0.2, -0.15) is 5.26 Å². The molecule has 0 unspecified atom stereocenters. The van der Waals surface area contributed by atoms with Crippen LogP contribution in [0.2, 0.25) is 0 Å². The second-order valence-electron chi connectivity index (χ2n) is 3.77. The van der Waals surface area contributed by atoms with E-state index in [2.05, 4.69) is 36.6 Å². The molecule has 16 heavy (non-hydrogen) atoms. The number of rotatable bonds is 6. The van der Waals surface area contributed by atoms with Crippen LogP contribution in [0, 0.1) is 11.3 Å². The number of hydrogen-bond donors (Lipinski definition) is 0. The summed E-state index contributed by atoms with van der Waals surface area (Å²) in [7, 11) is 0. The Morgan fingerprint density at radius 1 is 1.38 bits per heavy atom. The number of nitriles is 1. The molecule has 0 radical (unpaired) electrons. The van der Waals surface area contributed by atoms with Crippen LogP contribution in [0.3, 0.4) is 0 Å². The molecule has 0 N–H and O–H groups in total. The quantitative estimate of drug-likeness (QED) is 0.679. The predicted octanol–water partition coefficient (Wildman–Crippen LogP) is 3.37. The topological polar surface area (TPSA) is 27.0 Å². The summed E-state index contributed by atoms with van der Waals surface area (Å²) < 4.78 is 0. The van der Waals surface area contributed by atoms with Gasteiger partial charge in [0.25, 0.3) is 0 Å². The van der Waals surface area contributed by atoms with Gasteiger partial charge in [0.15, 0.2) is 0 Å². The minimum Gasteiger partial charge on any atom is -0.367 e. The average molecular weight is 214 g/mol. The number of benzene rings is 1. The van der Waals surface area contributed by atoms with Gasteiger partial charge < -0.3 is 4.90 Å². The summed E-state index contributed by atoms with van der Waals surface area (Å²) in [4.78, 5) is 2.20. The molecular weight excluding hydrogens is 196 g/mol. The highest BCUT2D eigenvalue weighted by molar-refractivity contribution is 5.47. The highest BCUT2D eigenvalue weighted by Gasteiger charge is 2.06. The molecule has 0 heterocycles. The van der Waals surface area contributed by atoms with Crippen LogP contribution in [0.5, 0.6) is 0 Å². The van der Waals surface area contributed by atoms with E-state index in [0.717, 1.165) is 25.2 Å². The number of para-hydroxylation sites is 1. The number of anilines is 1. The Morgan fingerprint density at radius 3 is 2.62 bits per heavy atom. The first-order chi connectivity index (χ1) is 7.77. The van der Waals surface area contributed by atoms with Crippen LogP contribution in [0.15, 0.2) is 42.5 Å². The second kappa shape index (κ2) is 6.68. The molecule has 0 saturated heterocycles. The Kier molecular flexibility index (Phi) is 5.15. The van der Waals surface area contributed by atoms with Gasteiger partial charge in [-0.05, 0) is 18.6 Å². The lowest BCUT2D eigenvalue weighted by Gasteiger charge is -2.24. The van der Waals surface area contributed by atoms with Crippen LogP contribution in [-0.2, 0) is 0 Å². The maximum absolute atomic E-state index is 8.65. The summed E-state index contributed by atoms with van der Waals surface area (Å²) in [6.07, 6.45) is 1.53. The first-order valence-corrected chi connectivity index (χ1v) is 5.61. The van der Waals surface area contributed by atoms with Gasteiger partial charge in [0.2, 0.25) is 0 Å². The summed E-state index contributed by atoms with van der Waals surface area (Å²) in [6.45, 7) is 7.73. The Labute approximate surface area is 97.8 Å². The predicted molar refractivity (Wildman–Crippen MR) is 68.3 cm³/mol. The van der Waals surface area contributed by atoms with Crippen LogP contribution in [0.4, 0.5) is 5.69 Å². The maximum atomic E-state index is 8.65. The molecule has 0 aliphatic carbocycles. The highest BCUT2D eigenvalue weighted by atomic mass is 15.1. The molecule has 0 spiro atoms. The van der Waals surface area contributed by atoms with Crippen molar-refractivity contribution in [1.29, 1.82) is 5.26 Å². The van der Waals surface area contributed by atoms with Gasteiger partial charge in [0.1, 0.15) is 0 Å². The maximum Gasteiger partial charge on any atom is 0.0640 e. The molecule has 0 aliphatic heterocycles. The van der Waals surface area contributed by atoms with Crippen molar-refractivity contribution in [3.8, 4) is 6.07 Å². The summed E-state index contributed by atoms with van der Waals surface area (Å²) >= 11 is 0. The number of nitrogens with zero attached hydrogens (tertiary/aromatic N) is 2. The van der Waals surface area contributed by atoms with Gasteiger partial charge in [0, 0.05) is 18.8 Å². The summed E-state index contributed by atoms with van der Waals surface area (Å²) in [5.74, 6) is 0. The van der Waals surface area contributed by atoms with Crippen molar-refractivity contribution < 1.29 is 0 Å².